The van der Waals surface area contributed by atoms with Gasteiger partial charge in [0.1, 0.15) is 12.2 Å². The van der Waals surface area contributed by atoms with Gasteiger partial charge in [0.05, 0.1) is 37.4 Å². The van der Waals surface area contributed by atoms with Crippen molar-refractivity contribution < 1.29 is 9.69 Å². The average molecular weight is 334 g/mol. The summed E-state index contributed by atoms with van der Waals surface area (Å²) in [5.74, 6) is -0.0232. The highest BCUT2D eigenvalue weighted by Gasteiger charge is 2.27. The number of halogens is 1. The molecule has 1 saturated heterocycles. The molecular formula is C17H22ClN4O+. The molecular weight excluding hydrogens is 312 g/mol. The summed E-state index contributed by atoms with van der Waals surface area (Å²) in [6.07, 6.45) is 1.52. The van der Waals surface area contributed by atoms with Crippen molar-refractivity contribution in [2.75, 3.05) is 26.2 Å². The minimum absolute atomic E-state index is 0.0232. The highest BCUT2D eigenvalue weighted by molar-refractivity contribution is 6.33. The number of aryl methyl sites for hydroxylation is 2. The Hall–Kier alpha value is -1.85. The van der Waals surface area contributed by atoms with Gasteiger partial charge in [-0.1, -0.05) is 35.9 Å². The molecule has 1 aromatic carbocycles. The van der Waals surface area contributed by atoms with Crippen molar-refractivity contribution in [1.29, 1.82) is 0 Å². The normalized spacial score (nSPS) is 15.9. The largest absolute Gasteiger partial charge is 0.328 e. The van der Waals surface area contributed by atoms with Crippen LogP contribution in [-0.2, 0) is 13.6 Å². The van der Waals surface area contributed by atoms with Gasteiger partial charge in [0.25, 0.3) is 5.91 Å². The number of benzene rings is 1. The number of amides is 1. The molecule has 3 rings (SSSR count). The Kier molecular flexibility index (Phi) is 4.68. The zero-order valence-corrected chi connectivity index (χ0v) is 14.3. The third-order valence-electron chi connectivity index (χ3n) is 4.56. The van der Waals surface area contributed by atoms with Crippen LogP contribution in [0.25, 0.3) is 0 Å². The Labute approximate surface area is 141 Å². The number of carbonyl (C=O) groups is 1. The molecule has 0 unspecified atom stereocenters. The predicted molar refractivity (Wildman–Crippen MR) is 89.7 cm³/mol. The number of quaternary nitrogens is 1. The van der Waals surface area contributed by atoms with E-state index in [0.29, 0.717) is 10.7 Å². The second-order valence-electron chi connectivity index (χ2n) is 6.11. The Morgan fingerprint density at radius 1 is 1.30 bits per heavy atom. The smallest absolute Gasteiger partial charge is 0.274 e. The maximum atomic E-state index is 12.6. The van der Waals surface area contributed by atoms with Gasteiger partial charge in [0.2, 0.25) is 0 Å². The van der Waals surface area contributed by atoms with Crippen LogP contribution < -0.4 is 4.90 Å². The van der Waals surface area contributed by atoms with Crippen molar-refractivity contribution in [3.63, 3.8) is 0 Å². The first-order chi connectivity index (χ1) is 11.1. The number of nitrogens with one attached hydrogen (secondary N) is 1. The molecule has 6 heteroatoms. The van der Waals surface area contributed by atoms with E-state index in [1.165, 1.54) is 22.2 Å². The lowest BCUT2D eigenvalue weighted by atomic mass is 10.1. The third-order valence-corrected chi connectivity index (χ3v) is 4.83. The van der Waals surface area contributed by atoms with E-state index in [1.54, 1.807) is 11.7 Å². The summed E-state index contributed by atoms with van der Waals surface area (Å²) < 4.78 is 1.55. The van der Waals surface area contributed by atoms with Crippen LogP contribution in [0.5, 0.6) is 0 Å². The molecule has 2 heterocycles. The fraction of sp³-hybridized carbons (Fsp3) is 0.412. The standard InChI is InChI=1S/C17H21ClN4O/c1-13-5-3-4-6-14(13)12-21-7-9-22(10-8-21)17(23)16-15(18)11-19-20(16)2/h3-6,11H,7-10,12H2,1-2H3/p+1. The van der Waals surface area contributed by atoms with Gasteiger partial charge >= 0.3 is 0 Å². The average Bonchev–Trinajstić information content (AvgIpc) is 2.88. The summed E-state index contributed by atoms with van der Waals surface area (Å²) in [6.45, 7) is 6.58. The number of carbonyl (C=O) groups excluding carboxylic acids is 1. The molecule has 1 amide bonds. The van der Waals surface area contributed by atoms with E-state index in [2.05, 4.69) is 36.3 Å². The number of aromatic nitrogens is 2. The highest BCUT2D eigenvalue weighted by Crippen LogP contribution is 2.16. The SMILES string of the molecule is Cc1ccccc1C[NH+]1CCN(C(=O)c2c(Cl)cnn2C)CC1. The fourth-order valence-corrected chi connectivity index (χ4v) is 3.33. The Morgan fingerprint density at radius 3 is 2.61 bits per heavy atom. The summed E-state index contributed by atoms with van der Waals surface area (Å²) in [4.78, 5) is 16.0. The Balaban J connectivity index is 1.60. The molecule has 23 heavy (non-hydrogen) atoms. The van der Waals surface area contributed by atoms with Gasteiger partial charge in [0, 0.05) is 12.6 Å². The molecule has 5 nitrogen and oxygen atoms in total. The van der Waals surface area contributed by atoms with Crippen LogP contribution >= 0.6 is 11.6 Å². The molecule has 0 atom stereocenters. The van der Waals surface area contributed by atoms with Gasteiger partial charge in [-0.05, 0) is 12.5 Å². The molecule has 1 aliphatic rings. The lowest BCUT2D eigenvalue weighted by Gasteiger charge is -2.32. The van der Waals surface area contributed by atoms with Crippen LogP contribution in [0.2, 0.25) is 5.02 Å². The van der Waals surface area contributed by atoms with Gasteiger partial charge in [-0.3, -0.25) is 9.48 Å². The summed E-state index contributed by atoms with van der Waals surface area (Å²) in [5.41, 5.74) is 3.20. The second kappa shape index (κ2) is 6.72. The number of nitrogens with zero attached hydrogens (tertiary/aromatic N) is 3. The number of rotatable bonds is 3. The molecule has 1 aliphatic heterocycles. The molecule has 122 valence electrons. The maximum Gasteiger partial charge on any atom is 0.274 e. The van der Waals surface area contributed by atoms with Crippen molar-refractivity contribution in [2.24, 2.45) is 7.05 Å². The van der Waals surface area contributed by atoms with Gasteiger partial charge in [-0.2, -0.15) is 5.10 Å². The van der Waals surface area contributed by atoms with E-state index in [4.69, 9.17) is 11.6 Å². The van der Waals surface area contributed by atoms with Crippen LogP contribution in [0.4, 0.5) is 0 Å². The molecule has 0 spiro atoms. The van der Waals surface area contributed by atoms with E-state index < -0.39 is 0 Å². The number of hydrogen-bond donors (Lipinski definition) is 1. The Bertz CT molecular complexity index is 685. The first-order valence-corrected chi connectivity index (χ1v) is 8.29. The van der Waals surface area contributed by atoms with Crippen LogP contribution in [0.3, 0.4) is 0 Å². The topological polar surface area (TPSA) is 42.6 Å². The molecule has 1 N–H and O–H groups in total. The monoisotopic (exact) mass is 333 g/mol. The van der Waals surface area contributed by atoms with Crippen molar-refractivity contribution in [1.82, 2.24) is 14.7 Å². The van der Waals surface area contributed by atoms with E-state index in [-0.39, 0.29) is 5.91 Å². The summed E-state index contributed by atoms with van der Waals surface area (Å²) >= 11 is 6.08. The van der Waals surface area contributed by atoms with Gasteiger partial charge in [-0.15, -0.1) is 0 Å². The highest BCUT2D eigenvalue weighted by atomic mass is 35.5. The number of hydrogen-bond acceptors (Lipinski definition) is 2. The third kappa shape index (κ3) is 3.41. The summed E-state index contributed by atoms with van der Waals surface area (Å²) in [5, 5.41) is 4.47. The zero-order chi connectivity index (χ0) is 16.4. The van der Waals surface area contributed by atoms with Crippen molar-refractivity contribution in [2.45, 2.75) is 13.5 Å². The predicted octanol–water partition coefficient (Wildman–Crippen LogP) is 0.923. The molecule has 1 aromatic heterocycles. The van der Waals surface area contributed by atoms with E-state index >= 15 is 0 Å². The zero-order valence-electron chi connectivity index (χ0n) is 13.6. The summed E-state index contributed by atoms with van der Waals surface area (Å²) in [6, 6.07) is 8.50. The fourth-order valence-electron chi connectivity index (χ4n) is 3.08. The quantitative estimate of drug-likeness (QED) is 0.908. The second-order valence-corrected chi connectivity index (χ2v) is 6.52. The minimum Gasteiger partial charge on any atom is -0.328 e. The van der Waals surface area contributed by atoms with E-state index in [0.717, 1.165) is 32.7 Å². The van der Waals surface area contributed by atoms with Crippen LogP contribution in [-0.4, -0.2) is 46.8 Å². The first-order valence-electron chi connectivity index (χ1n) is 7.91. The molecule has 0 radical (unpaired) electrons. The number of piperazine rings is 1. The lowest BCUT2D eigenvalue weighted by Crippen LogP contribution is -3.13. The van der Waals surface area contributed by atoms with E-state index in [1.807, 2.05) is 4.90 Å². The van der Waals surface area contributed by atoms with Crippen LogP contribution in [0.1, 0.15) is 21.6 Å². The van der Waals surface area contributed by atoms with Crippen molar-refractivity contribution in [3.05, 3.63) is 52.3 Å². The first kappa shape index (κ1) is 16.0. The van der Waals surface area contributed by atoms with Crippen molar-refractivity contribution in [3.8, 4) is 0 Å². The summed E-state index contributed by atoms with van der Waals surface area (Å²) in [7, 11) is 1.75. The molecule has 1 fully saturated rings. The molecule has 0 aliphatic carbocycles. The van der Waals surface area contributed by atoms with Crippen LogP contribution in [0.15, 0.2) is 30.5 Å². The maximum absolute atomic E-state index is 12.6. The Morgan fingerprint density at radius 2 is 2.00 bits per heavy atom. The molecule has 2 aromatic rings. The van der Waals surface area contributed by atoms with Crippen LogP contribution in [0, 0.1) is 6.92 Å². The lowest BCUT2D eigenvalue weighted by molar-refractivity contribution is -0.917. The van der Waals surface area contributed by atoms with E-state index in [9.17, 15) is 4.79 Å². The molecule has 0 saturated carbocycles. The van der Waals surface area contributed by atoms with Crippen molar-refractivity contribution >= 4 is 17.5 Å². The van der Waals surface area contributed by atoms with Gasteiger partial charge in [0.15, 0.2) is 0 Å². The van der Waals surface area contributed by atoms with Gasteiger partial charge < -0.3 is 9.80 Å². The minimum atomic E-state index is -0.0232. The molecule has 0 bridgehead atoms. The van der Waals surface area contributed by atoms with Gasteiger partial charge in [-0.25, -0.2) is 0 Å².